The molecule has 0 aromatic heterocycles. The summed E-state index contributed by atoms with van der Waals surface area (Å²) >= 11 is 0. The van der Waals surface area contributed by atoms with Crippen LogP contribution in [0.5, 0.6) is 0 Å². The van der Waals surface area contributed by atoms with Gasteiger partial charge in [0.25, 0.3) is 0 Å². The SMILES string of the molecule is O=CC1Cc2ccccc2C(C2OCCO2)C1. The number of hydrogen-bond donors (Lipinski definition) is 0. The molecule has 0 bridgehead atoms. The predicted molar refractivity (Wildman–Crippen MR) is 62.8 cm³/mol. The van der Waals surface area contributed by atoms with Crippen molar-refractivity contribution in [3.8, 4) is 0 Å². The molecule has 3 nitrogen and oxygen atoms in total. The average Bonchev–Trinajstić information content (AvgIpc) is 2.91. The maximum Gasteiger partial charge on any atom is 0.164 e. The average molecular weight is 232 g/mol. The Morgan fingerprint density at radius 3 is 2.71 bits per heavy atom. The van der Waals surface area contributed by atoms with Crippen LogP contribution in [0, 0.1) is 5.92 Å². The number of carbonyl (C=O) groups is 1. The summed E-state index contributed by atoms with van der Waals surface area (Å²) < 4.78 is 11.2. The summed E-state index contributed by atoms with van der Waals surface area (Å²) in [4.78, 5) is 11.0. The number of fused-ring (bicyclic) bond motifs is 1. The molecule has 1 aliphatic heterocycles. The van der Waals surface area contributed by atoms with Crippen molar-refractivity contribution in [3.05, 3.63) is 35.4 Å². The Labute approximate surface area is 101 Å². The minimum atomic E-state index is -0.168. The highest BCUT2D eigenvalue weighted by atomic mass is 16.7. The lowest BCUT2D eigenvalue weighted by molar-refractivity contribution is -0.113. The van der Waals surface area contributed by atoms with Gasteiger partial charge in [0.1, 0.15) is 6.29 Å². The second kappa shape index (κ2) is 4.59. The van der Waals surface area contributed by atoms with Gasteiger partial charge in [0, 0.05) is 11.8 Å². The van der Waals surface area contributed by atoms with Crippen molar-refractivity contribution in [2.45, 2.75) is 25.0 Å². The Bertz CT molecular complexity index is 410. The smallest absolute Gasteiger partial charge is 0.164 e. The normalized spacial score (nSPS) is 28.9. The van der Waals surface area contributed by atoms with E-state index in [9.17, 15) is 4.79 Å². The third-order valence-corrected chi connectivity index (χ3v) is 3.66. The molecule has 1 aromatic carbocycles. The number of ether oxygens (including phenoxy) is 2. The van der Waals surface area contributed by atoms with Gasteiger partial charge in [-0.3, -0.25) is 0 Å². The van der Waals surface area contributed by atoms with Gasteiger partial charge in [-0.15, -0.1) is 0 Å². The number of aldehydes is 1. The van der Waals surface area contributed by atoms with Crippen molar-refractivity contribution in [2.24, 2.45) is 5.92 Å². The first-order valence-electron chi connectivity index (χ1n) is 6.15. The summed E-state index contributed by atoms with van der Waals surface area (Å²) in [6, 6.07) is 8.31. The van der Waals surface area contributed by atoms with Crippen LogP contribution in [-0.2, 0) is 20.7 Å². The van der Waals surface area contributed by atoms with Crippen LogP contribution in [0.1, 0.15) is 23.5 Å². The van der Waals surface area contributed by atoms with Crippen LogP contribution in [0.15, 0.2) is 24.3 Å². The van der Waals surface area contributed by atoms with E-state index in [2.05, 4.69) is 12.1 Å². The summed E-state index contributed by atoms with van der Waals surface area (Å²) in [5.74, 6) is 0.306. The molecule has 1 heterocycles. The van der Waals surface area contributed by atoms with Crippen molar-refractivity contribution < 1.29 is 14.3 Å². The fourth-order valence-corrected chi connectivity index (χ4v) is 2.87. The van der Waals surface area contributed by atoms with E-state index in [1.807, 2.05) is 12.1 Å². The fraction of sp³-hybridized carbons (Fsp3) is 0.500. The molecule has 0 saturated carbocycles. The van der Waals surface area contributed by atoms with Gasteiger partial charge in [0.05, 0.1) is 13.2 Å². The molecule has 1 aliphatic carbocycles. The zero-order valence-corrected chi connectivity index (χ0v) is 9.67. The summed E-state index contributed by atoms with van der Waals surface area (Å²) in [6.07, 6.45) is 2.59. The van der Waals surface area contributed by atoms with E-state index in [1.165, 1.54) is 11.1 Å². The van der Waals surface area contributed by atoms with Crippen LogP contribution in [0.3, 0.4) is 0 Å². The molecule has 0 amide bonds. The van der Waals surface area contributed by atoms with Gasteiger partial charge in [-0.2, -0.15) is 0 Å². The highest BCUT2D eigenvalue weighted by Crippen LogP contribution is 2.38. The Morgan fingerprint density at radius 1 is 1.18 bits per heavy atom. The van der Waals surface area contributed by atoms with Crippen molar-refractivity contribution in [1.82, 2.24) is 0 Å². The molecule has 0 spiro atoms. The van der Waals surface area contributed by atoms with Gasteiger partial charge in [-0.25, -0.2) is 0 Å². The molecule has 0 N–H and O–H groups in total. The maximum atomic E-state index is 11.0. The van der Waals surface area contributed by atoms with Crippen LogP contribution in [-0.4, -0.2) is 25.8 Å². The van der Waals surface area contributed by atoms with Crippen LogP contribution in [0.2, 0.25) is 0 Å². The molecule has 90 valence electrons. The largest absolute Gasteiger partial charge is 0.350 e. The van der Waals surface area contributed by atoms with Gasteiger partial charge >= 0.3 is 0 Å². The van der Waals surface area contributed by atoms with E-state index in [-0.39, 0.29) is 18.1 Å². The van der Waals surface area contributed by atoms with Crippen molar-refractivity contribution >= 4 is 6.29 Å². The highest BCUT2D eigenvalue weighted by molar-refractivity contribution is 5.56. The van der Waals surface area contributed by atoms with Gasteiger partial charge < -0.3 is 14.3 Å². The minimum Gasteiger partial charge on any atom is -0.350 e. The standard InChI is InChI=1S/C14H16O3/c15-9-10-7-11-3-1-2-4-12(11)13(8-10)14-16-5-6-17-14/h1-4,9-10,13-14H,5-8H2. The van der Waals surface area contributed by atoms with Crippen LogP contribution in [0.25, 0.3) is 0 Å². The van der Waals surface area contributed by atoms with E-state index >= 15 is 0 Å². The fourth-order valence-electron chi connectivity index (χ4n) is 2.87. The Hall–Kier alpha value is -1.19. The van der Waals surface area contributed by atoms with Gasteiger partial charge in [0.15, 0.2) is 6.29 Å². The van der Waals surface area contributed by atoms with Crippen LogP contribution in [0.4, 0.5) is 0 Å². The van der Waals surface area contributed by atoms with E-state index in [0.29, 0.717) is 13.2 Å². The summed E-state index contributed by atoms with van der Waals surface area (Å²) in [5, 5.41) is 0. The Kier molecular flexibility index (Phi) is 2.95. The quantitative estimate of drug-likeness (QED) is 0.731. The monoisotopic (exact) mass is 232 g/mol. The number of hydrogen-bond acceptors (Lipinski definition) is 3. The molecule has 2 aliphatic rings. The minimum absolute atomic E-state index is 0.0997. The number of carbonyl (C=O) groups excluding carboxylic acids is 1. The third-order valence-electron chi connectivity index (χ3n) is 3.66. The molecule has 1 aromatic rings. The van der Waals surface area contributed by atoms with Gasteiger partial charge in [0.2, 0.25) is 0 Å². The maximum absolute atomic E-state index is 11.0. The second-order valence-electron chi connectivity index (χ2n) is 4.75. The third kappa shape index (κ3) is 2.01. The van der Waals surface area contributed by atoms with E-state index in [1.54, 1.807) is 0 Å². The summed E-state index contributed by atoms with van der Waals surface area (Å²) in [6.45, 7) is 1.32. The zero-order chi connectivity index (χ0) is 11.7. The predicted octanol–water partition coefficient (Wildman–Crippen LogP) is 1.90. The molecule has 3 rings (SSSR count). The molecular weight excluding hydrogens is 216 g/mol. The van der Waals surface area contributed by atoms with Crippen LogP contribution < -0.4 is 0 Å². The van der Waals surface area contributed by atoms with Crippen LogP contribution >= 0.6 is 0 Å². The Morgan fingerprint density at radius 2 is 1.94 bits per heavy atom. The van der Waals surface area contributed by atoms with Crippen molar-refractivity contribution in [3.63, 3.8) is 0 Å². The molecule has 3 heteroatoms. The summed E-state index contributed by atoms with van der Waals surface area (Å²) in [5.41, 5.74) is 2.55. The van der Waals surface area contributed by atoms with Gasteiger partial charge in [-0.1, -0.05) is 24.3 Å². The number of benzene rings is 1. The van der Waals surface area contributed by atoms with Crippen molar-refractivity contribution in [1.29, 1.82) is 0 Å². The lowest BCUT2D eigenvalue weighted by Gasteiger charge is -2.31. The van der Waals surface area contributed by atoms with E-state index < -0.39 is 0 Å². The zero-order valence-electron chi connectivity index (χ0n) is 9.67. The van der Waals surface area contributed by atoms with E-state index in [0.717, 1.165) is 19.1 Å². The van der Waals surface area contributed by atoms with E-state index in [4.69, 9.17) is 9.47 Å². The molecule has 0 radical (unpaired) electrons. The molecule has 1 fully saturated rings. The molecular formula is C14H16O3. The first-order valence-corrected chi connectivity index (χ1v) is 6.15. The number of rotatable bonds is 2. The lowest BCUT2D eigenvalue weighted by atomic mass is 9.77. The molecule has 2 unspecified atom stereocenters. The van der Waals surface area contributed by atoms with Gasteiger partial charge in [-0.05, 0) is 24.0 Å². The second-order valence-corrected chi connectivity index (χ2v) is 4.75. The molecule has 2 atom stereocenters. The lowest BCUT2D eigenvalue weighted by Crippen LogP contribution is -2.28. The first-order chi connectivity index (χ1) is 8.38. The molecule has 1 saturated heterocycles. The topological polar surface area (TPSA) is 35.5 Å². The Balaban J connectivity index is 1.93. The first kappa shape index (κ1) is 10.9. The highest BCUT2D eigenvalue weighted by Gasteiger charge is 2.35. The summed E-state index contributed by atoms with van der Waals surface area (Å²) in [7, 11) is 0. The molecule has 17 heavy (non-hydrogen) atoms. The van der Waals surface area contributed by atoms with Crippen molar-refractivity contribution in [2.75, 3.05) is 13.2 Å².